The van der Waals surface area contributed by atoms with Gasteiger partial charge in [-0.1, -0.05) is 26.0 Å². The number of nitrogens with zero attached hydrogens (tertiary/aromatic N) is 2. The van der Waals surface area contributed by atoms with Crippen LogP contribution in [-0.2, 0) is 16.6 Å². The number of rotatable bonds is 4. The van der Waals surface area contributed by atoms with Crippen molar-refractivity contribution in [3.8, 4) is 0 Å². The summed E-state index contributed by atoms with van der Waals surface area (Å²) in [7, 11) is -3.77. The van der Waals surface area contributed by atoms with E-state index < -0.39 is 10.0 Å². The van der Waals surface area contributed by atoms with Crippen LogP contribution in [-0.4, -0.2) is 18.0 Å². The summed E-state index contributed by atoms with van der Waals surface area (Å²) >= 11 is 2.24. The van der Waals surface area contributed by atoms with Crippen molar-refractivity contribution in [1.82, 2.24) is 9.55 Å². The van der Waals surface area contributed by atoms with Crippen LogP contribution in [0.4, 0.5) is 0 Å². The van der Waals surface area contributed by atoms with Crippen LogP contribution in [0.25, 0.3) is 0 Å². The first-order valence-corrected chi connectivity index (χ1v) is 8.74. The van der Waals surface area contributed by atoms with Crippen LogP contribution in [0.1, 0.15) is 31.2 Å². The van der Waals surface area contributed by atoms with Gasteiger partial charge in [0.1, 0.15) is 5.82 Å². The molecule has 0 unspecified atom stereocenters. The van der Waals surface area contributed by atoms with E-state index in [1.165, 1.54) is 6.20 Å². The maximum atomic E-state index is 11.4. The third-order valence-corrected chi connectivity index (χ3v) is 4.36. The predicted octanol–water partition coefficient (Wildman–Crippen LogP) is 2.31. The summed E-state index contributed by atoms with van der Waals surface area (Å²) in [5, 5.41) is 5.07. The Hall–Kier alpha value is -0.930. The molecule has 0 aliphatic heterocycles. The van der Waals surface area contributed by atoms with Crippen molar-refractivity contribution in [2.75, 3.05) is 0 Å². The second-order valence-corrected chi connectivity index (χ2v) is 7.65. The van der Waals surface area contributed by atoms with Crippen LogP contribution in [0.15, 0.2) is 35.5 Å². The van der Waals surface area contributed by atoms with E-state index >= 15 is 0 Å². The van der Waals surface area contributed by atoms with Gasteiger partial charge in [-0.2, -0.15) is 0 Å². The van der Waals surface area contributed by atoms with E-state index in [4.69, 9.17) is 5.14 Å². The Kier molecular flexibility index (Phi) is 4.50. The molecule has 0 spiro atoms. The maximum Gasteiger partial charge on any atom is 0.257 e. The molecule has 2 aromatic rings. The minimum Gasteiger partial charge on any atom is -0.329 e. The van der Waals surface area contributed by atoms with E-state index in [9.17, 15) is 8.42 Å². The molecule has 1 aromatic heterocycles. The molecule has 108 valence electrons. The quantitative estimate of drug-likeness (QED) is 0.794. The van der Waals surface area contributed by atoms with Gasteiger partial charge in [0.2, 0.25) is 0 Å². The summed E-state index contributed by atoms with van der Waals surface area (Å²) in [5.41, 5.74) is 1.09. The molecular weight excluding hydrogens is 389 g/mol. The van der Waals surface area contributed by atoms with E-state index in [1.807, 2.05) is 42.7 Å². The summed E-state index contributed by atoms with van der Waals surface area (Å²) in [6, 6.07) is 8.07. The lowest BCUT2D eigenvalue weighted by molar-refractivity contribution is 0.594. The molecule has 1 aromatic carbocycles. The molecule has 0 saturated carbocycles. The van der Waals surface area contributed by atoms with Gasteiger partial charge in [-0.3, -0.25) is 0 Å². The molecule has 0 fully saturated rings. The first-order valence-electron chi connectivity index (χ1n) is 6.11. The zero-order valence-electron chi connectivity index (χ0n) is 11.2. The van der Waals surface area contributed by atoms with Gasteiger partial charge >= 0.3 is 0 Å². The summed E-state index contributed by atoms with van der Waals surface area (Å²) < 4.78 is 25.8. The second-order valence-electron chi connectivity index (χ2n) is 4.89. The van der Waals surface area contributed by atoms with Gasteiger partial charge in [0.25, 0.3) is 10.0 Å². The number of halogens is 1. The number of imidazole rings is 1. The fourth-order valence-corrected chi connectivity index (χ4v) is 2.77. The first kappa shape index (κ1) is 15.5. The molecule has 0 aliphatic carbocycles. The normalized spacial score (nSPS) is 12.1. The fraction of sp³-hybridized carbons (Fsp3) is 0.308. The Morgan fingerprint density at radius 1 is 1.30 bits per heavy atom. The molecule has 0 saturated heterocycles. The van der Waals surface area contributed by atoms with Gasteiger partial charge in [0.05, 0.1) is 0 Å². The Morgan fingerprint density at radius 2 is 1.90 bits per heavy atom. The monoisotopic (exact) mass is 405 g/mol. The standard InChI is InChI=1S/C13H16IN3O2S/c1-9(2)13-16-12(20(15,18)19)8-17(13)7-10-3-5-11(14)6-4-10/h3-6,8-9H,7H2,1-2H3,(H2,15,18,19). The van der Waals surface area contributed by atoms with Crippen molar-refractivity contribution in [3.05, 3.63) is 45.4 Å². The lowest BCUT2D eigenvalue weighted by Crippen LogP contribution is -2.12. The Balaban J connectivity index is 2.40. The van der Waals surface area contributed by atoms with Crippen molar-refractivity contribution in [2.24, 2.45) is 5.14 Å². The third kappa shape index (κ3) is 3.58. The number of hydrogen-bond acceptors (Lipinski definition) is 3. The molecule has 2 rings (SSSR count). The molecule has 5 nitrogen and oxygen atoms in total. The predicted molar refractivity (Wildman–Crippen MR) is 86.0 cm³/mol. The molecule has 0 radical (unpaired) electrons. The minimum atomic E-state index is -3.77. The van der Waals surface area contributed by atoms with Crippen molar-refractivity contribution in [1.29, 1.82) is 0 Å². The van der Waals surface area contributed by atoms with Crippen LogP contribution >= 0.6 is 22.6 Å². The Morgan fingerprint density at radius 3 is 2.40 bits per heavy atom. The highest BCUT2D eigenvalue weighted by Gasteiger charge is 2.18. The lowest BCUT2D eigenvalue weighted by Gasteiger charge is -2.10. The van der Waals surface area contributed by atoms with Gasteiger partial charge in [-0.25, -0.2) is 18.5 Å². The van der Waals surface area contributed by atoms with Gasteiger partial charge < -0.3 is 4.57 Å². The second kappa shape index (κ2) is 5.82. The largest absolute Gasteiger partial charge is 0.329 e. The zero-order valence-corrected chi connectivity index (χ0v) is 14.2. The van der Waals surface area contributed by atoms with Crippen molar-refractivity contribution in [3.63, 3.8) is 0 Å². The number of aromatic nitrogens is 2. The fourth-order valence-electron chi connectivity index (χ4n) is 1.92. The highest BCUT2D eigenvalue weighted by Crippen LogP contribution is 2.18. The van der Waals surface area contributed by atoms with E-state index in [-0.39, 0.29) is 10.9 Å². The van der Waals surface area contributed by atoms with Crippen LogP contribution in [0, 0.1) is 3.57 Å². The number of hydrogen-bond donors (Lipinski definition) is 1. The molecule has 0 aliphatic rings. The van der Waals surface area contributed by atoms with Crippen LogP contribution in [0.2, 0.25) is 0 Å². The van der Waals surface area contributed by atoms with Crippen LogP contribution in [0.5, 0.6) is 0 Å². The number of nitrogens with two attached hydrogens (primary N) is 1. The van der Waals surface area contributed by atoms with Crippen LogP contribution < -0.4 is 5.14 Å². The van der Waals surface area contributed by atoms with Gasteiger partial charge in [0, 0.05) is 22.2 Å². The van der Waals surface area contributed by atoms with E-state index in [0.29, 0.717) is 12.4 Å². The maximum absolute atomic E-state index is 11.4. The van der Waals surface area contributed by atoms with Crippen molar-refractivity contribution < 1.29 is 8.42 Å². The zero-order chi connectivity index (χ0) is 14.9. The minimum absolute atomic E-state index is 0.0771. The molecule has 0 bridgehead atoms. The molecule has 7 heteroatoms. The van der Waals surface area contributed by atoms with E-state index in [0.717, 1.165) is 9.13 Å². The molecule has 1 heterocycles. The third-order valence-electron chi connectivity index (χ3n) is 2.86. The molecule has 0 amide bonds. The summed E-state index contributed by atoms with van der Waals surface area (Å²) in [5.74, 6) is 0.835. The highest BCUT2D eigenvalue weighted by atomic mass is 127. The van der Waals surface area contributed by atoms with Crippen molar-refractivity contribution in [2.45, 2.75) is 31.3 Å². The molecule has 20 heavy (non-hydrogen) atoms. The highest BCUT2D eigenvalue weighted by molar-refractivity contribution is 14.1. The van der Waals surface area contributed by atoms with E-state index in [1.54, 1.807) is 0 Å². The van der Waals surface area contributed by atoms with Gasteiger partial charge in [-0.05, 0) is 40.3 Å². The SMILES string of the molecule is CC(C)c1nc(S(N)(=O)=O)cn1Cc1ccc(I)cc1. The average Bonchev–Trinajstić information content (AvgIpc) is 2.76. The molecule has 0 atom stereocenters. The number of primary sulfonamides is 1. The lowest BCUT2D eigenvalue weighted by atomic mass is 10.2. The Labute approximate surface area is 132 Å². The van der Waals surface area contributed by atoms with Crippen molar-refractivity contribution >= 4 is 32.6 Å². The topological polar surface area (TPSA) is 78.0 Å². The number of sulfonamides is 1. The smallest absolute Gasteiger partial charge is 0.257 e. The van der Waals surface area contributed by atoms with Gasteiger partial charge in [-0.15, -0.1) is 0 Å². The van der Waals surface area contributed by atoms with Crippen LogP contribution in [0.3, 0.4) is 0 Å². The molecular formula is C13H16IN3O2S. The number of benzene rings is 1. The van der Waals surface area contributed by atoms with E-state index in [2.05, 4.69) is 27.6 Å². The first-order chi connectivity index (χ1) is 9.27. The summed E-state index contributed by atoms with van der Waals surface area (Å²) in [6.07, 6.45) is 1.50. The molecule has 2 N–H and O–H groups in total. The summed E-state index contributed by atoms with van der Waals surface area (Å²) in [6.45, 7) is 4.52. The summed E-state index contributed by atoms with van der Waals surface area (Å²) in [4.78, 5) is 4.14. The Bertz CT molecular complexity index is 706. The van der Waals surface area contributed by atoms with Gasteiger partial charge in [0.15, 0.2) is 5.03 Å². The average molecular weight is 405 g/mol.